The molecule has 0 atom stereocenters. The van der Waals surface area contributed by atoms with Gasteiger partial charge < -0.3 is 15.6 Å². The number of primary amides is 1. The molecule has 0 radical (unpaired) electrons. The number of carbonyl (C=O) groups excluding carboxylic acids is 2. The molecular formula is C15H15N3O3. The first kappa shape index (κ1) is 14.5. The second kappa shape index (κ2) is 6.51. The van der Waals surface area contributed by atoms with Crippen LogP contribution in [0.25, 0.3) is 0 Å². The average molecular weight is 285 g/mol. The summed E-state index contributed by atoms with van der Waals surface area (Å²) in [5.41, 5.74) is 5.85. The van der Waals surface area contributed by atoms with E-state index in [-0.39, 0.29) is 17.9 Å². The van der Waals surface area contributed by atoms with E-state index in [2.05, 4.69) is 5.32 Å². The number of nitrogens with two attached hydrogens (primary N) is 1. The number of nitrogens with zero attached hydrogens (tertiary/aromatic N) is 1. The molecule has 0 fully saturated rings. The zero-order valence-corrected chi connectivity index (χ0v) is 11.3. The van der Waals surface area contributed by atoms with Crippen molar-refractivity contribution in [3.63, 3.8) is 0 Å². The van der Waals surface area contributed by atoms with Gasteiger partial charge in [-0.3, -0.25) is 14.4 Å². The third kappa shape index (κ3) is 4.04. The Morgan fingerprint density at radius 3 is 2.67 bits per heavy atom. The maximum absolute atomic E-state index is 11.8. The van der Waals surface area contributed by atoms with E-state index in [1.807, 2.05) is 0 Å². The lowest BCUT2D eigenvalue weighted by atomic mass is 10.2. The van der Waals surface area contributed by atoms with Gasteiger partial charge in [-0.05, 0) is 24.3 Å². The van der Waals surface area contributed by atoms with E-state index in [1.54, 1.807) is 36.5 Å². The standard InChI is InChI=1S/C15H15N3O3/c16-15(21)11-4-3-5-12(10-11)17-13(19)7-9-18-8-2-1-6-14(18)20/h1-6,8,10H,7,9H2,(H2,16,21)(H,17,19). The minimum atomic E-state index is -0.554. The highest BCUT2D eigenvalue weighted by Gasteiger charge is 2.06. The Hall–Kier alpha value is -2.89. The van der Waals surface area contributed by atoms with Crippen LogP contribution < -0.4 is 16.6 Å². The van der Waals surface area contributed by atoms with Crippen LogP contribution in [0, 0.1) is 0 Å². The minimum Gasteiger partial charge on any atom is -0.366 e. The summed E-state index contributed by atoms with van der Waals surface area (Å²) in [6.45, 7) is 0.293. The summed E-state index contributed by atoms with van der Waals surface area (Å²) in [4.78, 5) is 34.4. The van der Waals surface area contributed by atoms with Gasteiger partial charge in [0.05, 0.1) is 0 Å². The first-order chi connectivity index (χ1) is 10.1. The Morgan fingerprint density at radius 1 is 1.14 bits per heavy atom. The summed E-state index contributed by atoms with van der Waals surface area (Å²) < 4.78 is 1.46. The van der Waals surface area contributed by atoms with Gasteiger partial charge >= 0.3 is 0 Å². The van der Waals surface area contributed by atoms with Crippen molar-refractivity contribution in [3.05, 3.63) is 64.6 Å². The van der Waals surface area contributed by atoms with Gasteiger partial charge in [-0.2, -0.15) is 0 Å². The van der Waals surface area contributed by atoms with Gasteiger partial charge in [-0.15, -0.1) is 0 Å². The molecule has 0 spiro atoms. The number of hydrogen-bond acceptors (Lipinski definition) is 3. The highest BCUT2D eigenvalue weighted by Crippen LogP contribution is 2.10. The number of aryl methyl sites for hydroxylation is 1. The molecule has 2 rings (SSSR count). The SMILES string of the molecule is NC(=O)c1cccc(NC(=O)CCn2ccccc2=O)c1. The van der Waals surface area contributed by atoms with Gasteiger partial charge in [0.1, 0.15) is 0 Å². The largest absolute Gasteiger partial charge is 0.366 e. The summed E-state index contributed by atoms with van der Waals surface area (Å²) in [5, 5.41) is 2.66. The van der Waals surface area contributed by atoms with Crippen molar-refractivity contribution in [2.75, 3.05) is 5.32 Å². The summed E-state index contributed by atoms with van der Waals surface area (Å²) in [6.07, 6.45) is 1.79. The van der Waals surface area contributed by atoms with Crippen LogP contribution in [-0.2, 0) is 11.3 Å². The van der Waals surface area contributed by atoms with Crippen LogP contribution in [0.3, 0.4) is 0 Å². The number of nitrogens with one attached hydrogen (secondary N) is 1. The molecule has 2 amide bonds. The molecule has 0 saturated heterocycles. The van der Waals surface area contributed by atoms with Crippen molar-refractivity contribution >= 4 is 17.5 Å². The van der Waals surface area contributed by atoms with E-state index < -0.39 is 5.91 Å². The maximum Gasteiger partial charge on any atom is 0.250 e. The van der Waals surface area contributed by atoms with Gasteiger partial charge in [0.25, 0.3) is 5.56 Å². The van der Waals surface area contributed by atoms with Crippen molar-refractivity contribution in [3.8, 4) is 0 Å². The Labute approximate surface area is 121 Å². The van der Waals surface area contributed by atoms with Crippen molar-refractivity contribution in [1.29, 1.82) is 0 Å². The fraction of sp³-hybridized carbons (Fsp3) is 0.133. The maximum atomic E-state index is 11.8. The van der Waals surface area contributed by atoms with Crippen molar-refractivity contribution < 1.29 is 9.59 Å². The zero-order chi connectivity index (χ0) is 15.2. The lowest BCUT2D eigenvalue weighted by molar-refractivity contribution is -0.116. The number of pyridine rings is 1. The van der Waals surface area contributed by atoms with Crippen molar-refractivity contribution in [2.24, 2.45) is 5.73 Å². The molecule has 0 saturated carbocycles. The number of benzene rings is 1. The summed E-state index contributed by atoms with van der Waals surface area (Å²) >= 11 is 0. The van der Waals surface area contributed by atoms with Crippen LogP contribution in [0.4, 0.5) is 5.69 Å². The zero-order valence-electron chi connectivity index (χ0n) is 11.3. The molecule has 2 aromatic rings. The summed E-state index contributed by atoms with van der Waals surface area (Å²) in [5.74, 6) is -0.797. The fourth-order valence-corrected chi connectivity index (χ4v) is 1.84. The van der Waals surface area contributed by atoms with Crippen LogP contribution in [0.2, 0.25) is 0 Å². The number of anilines is 1. The predicted molar refractivity (Wildman–Crippen MR) is 78.9 cm³/mol. The Bertz CT molecular complexity index is 722. The monoisotopic (exact) mass is 285 g/mol. The van der Waals surface area contributed by atoms with Gasteiger partial charge in [0.2, 0.25) is 11.8 Å². The molecule has 0 aliphatic heterocycles. The summed E-state index contributed by atoms with van der Waals surface area (Å²) in [7, 11) is 0. The van der Waals surface area contributed by atoms with Gasteiger partial charge in [-0.1, -0.05) is 12.1 Å². The smallest absolute Gasteiger partial charge is 0.250 e. The third-order valence-electron chi connectivity index (χ3n) is 2.91. The molecule has 6 nitrogen and oxygen atoms in total. The lowest BCUT2D eigenvalue weighted by Gasteiger charge is -2.07. The van der Waals surface area contributed by atoms with Gasteiger partial charge in [0, 0.05) is 36.5 Å². The number of amides is 2. The van der Waals surface area contributed by atoms with Gasteiger partial charge in [-0.25, -0.2) is 0 Å². The second-order valence-corrected chi connectivity index (χ2v) is 4.48. The fourth-order valence-electron chi connectivity index (χ4n) is 1.84. The van der Waals surface area contributed by atoms with Crippen LogP contribution in [0.5, 0.6) is 0 Å². The molecule has 0 unspecified atom stereocenters. The molecule has 1 aromatic carbocycles. The summed E-state index contributed by atoms with van der Waals surface area (Å²) in [6, 6.07) is 11.2. The normalized spacial score (nSPS) is 10.1. The Morgan fingerprint density at radius 2 is 1.95 bits per heavy atom. The number of rotatable bonds is 5. The highest BCUT2D eigenvalue weighted by molar-refractivity contribution is 5.96. The molecular weight excluding hydrogens is 270 g/mol. The molecule has 21 heavy (non-hydrogen) atoms. The van der Waals surface area contributed by atoms with Crippen molar-refractivity contribution in [2.45, 2.75) is 13.0 Å². The predicted octanol–water partition coefficient (Wildman–Crippen LogP) is 0.976. The van der Waals surface area contributed by atoms with E-state index in [0.717, 1.165) is 0 Å². The molecule has 1 aromatic heterocycles. The van der Waals surface area contributed by atoms with E-state index >= 15 is 0 Å². The highest BCUT2D eigenvalue weighted by atomic mass is 16.2. The van der Waals surface area contributed by atoms with Gasteiger partial charge in [0.15, 0.2) is 0 Å². The molecule has 0 aliphatic carbocycles. The Balaban J connectivity index is 1.96. The van der Waals surface area contributed by atoms with E-state index in [4.69, 9.17) is 5.73 Å². The first-order valence-corrected chi connectivity index (χ1v) is 6.41. The molecule has 1 heterocycles. The third-order valence-corrected chi connectivity index (χ3v) is 2.91. The Kier molecular flexibility index (Phi) is 4.50. The molecule has 3 N–H and O–H groups in total. The van der Waals surface area contributed by atoms with Crippen LogP contribution in [0.1, 0.15) is 16.8 Å². The molecule has 0 bridgehead atoms. The quantitative estimate of drug-likeness (QED) is 0.857. The first-order valence-electron chi connectivity index (χ1n) is 6.41. The molecule has 0 aliphatic rings. The van der Waals surface area contributed by atoms with Crippen molar-refractivity contribution in [1.82, 2.24) is 4.57 Å². The van der Waals surface area contributed by atoms with Crippen LogP contribution in [0.15, 0.2) is 53.5 Å². The number of aromatic nitrogens is 1. The van der Waals surface area contributed by atoms with E-state index in [1.165, 1.54) is 16.7 Å². The topological polar surface area (TPSA) is 94.2 Å². The molecule has 6 heteroatoms. The van der Waals surface area contributed by atoms with E-state index in [9.17, 15) is 14.4 Å². The molecule has 108 valence electrons. The van der Waals surface area contributed by atoms with Crippen LogP contribution >= 0.6 is 0 Å². The van der Waals surface area contributed by atoms with E-state index in [0.29, 0.717) is 17.8 Å². The average Bonchev–Trinajstić information content (AvgIpc) is 2.46. The minimum absolute atomic E-state index is 0.152. The number of carbonyl (C=O) groups is 2. The number of hydrogen-bond donors (Lipinski definition) is 2. The second-order valence-electron chi connectivity index (χ2n) is 4.48. The lowest BCUT2D eigenvalue weighted by Crippen LogP contribution is -2.22. The van der Waals surface area contributed by atoms with Crippen LogP contribution in [-0.4, -0.2) is 16.4 Å².